The van der Waals surface area contributed by atoms with E-state index in [2.05, 4.69) is 52.4 Å². The molecule has 0 aliphatic carbocycles. The zero-order valence-corrected chi connectivity index (χ0v) is 40.5. The zero-order chi connectivity index (χ0) is 48.5. The molecule has 0 spiro atoms. The second-order valence-electron chi connectivity index (χ2n) is 16.0. The molecule has 0 radical (unpaired) electrons. The first-order valence-corrected chi connectivity index (χ1v) is 25.3. The molecule has 70 heavy (non-hydrogen) atoms. The van der Waals surface area contributed by atoms with E-state index in [1.807, 2.05) is 144 Å². The highest BCUT2D eigenvalue weighted by atomic mass is 32.2. The van der Waals surface area contributed by atoms with Gasteiger partial charge in [-0.1, -0.05) is 157 Å². The SMILES string of the molecule is CCO/N=C(\C(=O)NOC(=O)C1=C(CSc2cc[n+](C(C(=O)OC)(c3ccccc3)c3ccccc3)cc2)CS[C@@H]2CC(=O)N12)c1csc(NC(c2ccccc2)(c2ccccc2)c2ccccc2)n1. The van der Waals surface area contributed by atoms with Crippen LogP contribution in [0.25, 0.3) is 0 Å². The fourth-order valence-electron chi connectivity index (χ4n) is 8.70. The number of hydrogen-bond donors (Lipinski definition) is 2. The molecule has 7 aromatic rings. The molecule has 2 aliphatic heterocycles. The predicted molar refractivity (Wildman–Crippen MR) is 271 cm³/mol. The maximum atomic E-state index is 14.1. The van der Waals surface area contributed by atoms with Crippen LogP contribution < -0.4 is 15.4 Å². The fourth-order valence-corrected chi connectivity index (χ4v) is 11.7. The molecule has 9 rings (SSSR count). The summed E-state index contributed by atoms with van der Waals surface area (Å²) in [6.07, 6.45) is 3.94. The van der Waals surface area contributed by atoms with Crippen LogP contribution in [0.5, 0.6) is 0 Å². The molecule has 2 aromatic heterocycles. The van der Waals surface area contributed by atoms with Gasteiger partial charge in [-0.15, -0.1) is 34.9 Å². The zero-order valence-electron chi connectivity index (χ0n) is 38.1. The number of thioether (sulfide) groups is 2. The van der Waals surface area contributed by atoms with Gasteiger partial charge in [0, 0.05) is 45.0 Å². The second-order valence-corrected chi connectivity index (χ2v) is 19.1. The number of hydroxylamine groups is 1. The van der Waals surface area contributed by atoms with Crippen LogP contribution in [0.3, 0.4) is 0 Å². The number of anilines is 1. The predicted octanol–water partition coefficient (Wildman–Crippen LogP) is 8.47. The number of hydrogen-bond acceptors (Lipinski definition) is 13. The van der Waals surface area contributed by atoms with E-state index in [9.17, 15) is 19.2 Å². The van der Waals surface area contributed by atoms with Crippen LogP contribution in [0, 0.1) is 0 Å². The number of aromatic nitrogens is 2. The van der Waals surface area contributed by atoms with Crippen molar-refractivity contribution in [2.45, 2.75) is 34.7 Å². The van der Waals surface area contributed by atoms with Crippen molar-refractivity contribution in [2.24, 2.45) is 5.16 Å². The van der Waals surface area contributed by atoms with Crippen LogP contribution >= 0.6 is 34.9 Å². The third-order valence-electron chi connectivity index (χ3n) is 12.0. The number of oxime groups is 1. The van der Waals surface area contributed by atoms with E-state index in [1.54, 1.807) is 24.1 Å². The Bertz CT molecular complexity index is 2900. The van der Waals surface area contributed by atoms with Crippen molar-refractivity contribution in [1.29, 1.82) is 0 Å². The number of carbonyl (C=O) groups is 4. The van der Waals surface area contributed by atoms with E-state index in [-0.39, 0.29) is 41.4 Å². The molecule has 352 valence electrons. The molecular formula is C54H47N6O7S3+. The van der Waals surface area contributed by atoms with Crippen LogP contribution in [-0.4, -0.2) is 69.9 Å². The molecule has 2 N–H and O–H groups in total. The standard InChI is InChI=1S/C54H46N6O7S3/c1-3-66-57-47(44-36-70-52(55-44)56-53(38-19-9-4-10-20-38,39-21-11-5-12-22-39)40-23-13-6-14-24-40)49(62)58-67-50(63)48-37(35-69-46-33-45(61)60(46)48)34-68-43-29-31-59(32-30-43)54(51(64)65-2,41-25-15-7-16-26-41)42-27-17-8-18-28-42/h4-32,36,46H,3,33-35H2,1-2H3,(H-,55,56,58,62)/p+1/b57-47-/t46-/m1/s1. The van der Waals surface area contributed by atoms with Crippen molar-refractivity contribution in [2.75, 3.05) is 30.5 Å². The maximum absolute atomic E-state index is 14.1. The molecule has 2 amide bonds. The average Bonchev–Trinajstić information content (AvgIpc) is 3.88. The molecule has 1 saturated heterocycles. The third-order valence-corrected chi connectivity index (χ3v) is 15.1. The van der Waals surface area contributed by atoms with Gasteiger partial charge < -0.3 is 19.7 Å². The van der Waals surface area contributed by atoms with Crippen molar-refractivity contribution in [3.8, 4) is 0 Å². The van der Waals surface area contributed by atoms with Gasteiger partial charge in [-0.2, -0.15) is 10.0 Å². The summed E-state index contributed by atoms with van der Waals surface area (Å²) in [6.45, 7) is 1.88. The molecule has 13 nitrogen and oxygen atoms in total. The van der Waals surface area contributed by atoms with Crippen LogP contribution in [0.15, 0.2) is 203 Å². The first-order valence-electron chi connectivity index (χ1n) is 22.4. The summed E-state index contributed by atoms with van der Waals surface area (Å²) < 4.78 is 7.29. The van der Waals surface area contributed by atoms with Crippen LogP contribution in [0.4, 0.5) is 5.13 Å². The fraction of sp³-hybridized carbons (Fsp3) is 0.167. The Morgan fingerprint density at radius 2 is 1.31 bits per heavy atom. The number of fused-ring (bicyclic) bond motifs is 1. The average molecular weight is 988 g/mol. The largest absolute Gasteiger partial charge is 0.463 e. The normalized spacial score (nSPS) is 14.8. The van der Waals surface area contributed by atoms with Gasteiger partial charge >= 0.3 is 23.4 Å². The lowest BCUT2D eigenvalue weighted by Gasteiger charge is -2.44. The number of nitrogens with one attached hydrogen (secondary N) is 2. The lowest BCUT2D eigenvalue weighted by atomic mass is 9.77. The van der Waals surface area contributed by atoms with Gasteiger partial charge in [0.15, 0.2) is 23.2 Å². The first kappa shape index (κ1) is 47.5. The Balaban J connectivity index is 0.948. The molecule has 0 bridgehead atoms. The summed E-state index contributed by atoms with van der Waals surface area (Å²) in [6, 6.07) is 52.9. The van der Waals surface area contributed by atoms with Crippen LogP contribution in [-0.2, 0) is 44.7 Å². The maximum Gasteiger partial charge on any atom is 0.388 e. The first-order chi connectivity index (χ1) is 34.3. The topological polar surface area (TPSA) is 152 Å². The minimum absolute atomic E-state index is 0.0826. The number of β-lactam (4-membered cyclic amide) rings is 1. The molecule has 5 aromatic carbocycles. The molecule has 1 atom stereocenters. The summed E-state index contributed by atoms with van der Waals surface area (Å²) in [5.41, 5.74) is 5.13. The van der Waals surface area contributed by atoms with E-state index < -0.39 is 28.9 Å². The summed E-state index contributed by atoms with van der Waals surface area (Å²) in [5, 5.41) is 9.74. The van der Waals surface area contributed by atoms with E-state index in [1.165, 1.54) is 35.1 Å². The quantitative estimate of drug-likeness (QED) is 0.0172. The van der Waals surface area contributed by atoms with Gasteiger partial charge in [0.05, 0.1) is 18.9 Å². The highest BCUT2D eigenvalue weighted by molar-refractivity contribution is 8.01. The van der Waals surface area contributed by atoms with Crippen molar-refractivity contribution < 1.29 is 38.2 Å². The summed E-state index contributed by atoms with van der Waals surface area (Å²) in [7, 11) is 1.38. The van der Waals surface area contributed by atoms with Gasteiger partial charge in [-0.25, -0.2) is 14.6 Å². The number of esters is 1. The van der Waals surface area contributed by atoms with Crippen LogP contribution in [0.2, 0.25) is 0 Å². The van der Waals surface area contributed by atoms with Gasteiger partial charge in [0.2, 0.25) is 5.91 Å². The number of pyridine rings is 1. The number of thiazole rings is 1. The van der Waals surface area contributed by atoms with Gasteiger partial charge in [-0.3, -0.25) is 14.5 Å². The Morgan fingerprint density at radius 3 is 1.81 bits per heavy atom. The molecule has 1 fully saturated rings. The molecule has 4 heterocycles. The van der Waals surface area contributed by atoms with E-state index >= 15 is 0 Å². The number of methoxy groups -OCH3 is 1. The Morgan fingerprint density at radius 1 is 0.786 bits per heavy atom. The van der Waals surface area contributed by atoms with Gasteiger partial charge in [0.1, 0.15) is 23.5 Å². The smallest absolute Gasteiger partial charge is 0.388 e. The lowest BCUT2D eigenvalue weighted by molar-refractivity contribution is -0.731. The number of amides is 2. The number of ether oxygens (including phenoxy) is 1. The minimum Gasteiger partial charge on any atom is -0.463 e. The highest BCUT2D eigenvalue weighted by Crippen LogP contribution is 2.43. The van der Waals surface area contributed by atoms with Crippen molar-refractivity contribution in [3.05, 3.63) is 226 Å². The molecule has 0 saturated carbocycles. The van der Waals surface area contributed by atoms with Crippen molar-refractivity contribution in [1.82, 2.24) is 15.4 Å². The lowest BCUT2D eigenvalue weighted by Crippen LogP contribution is -2.62. The second kappa shape index (κ2) is 21.4. The van der Waals surface area contributed by atoms with Crippen molar-refractivity contribution >= 4 is 69.5 Å². The Labute approximate surface area is 417 Å². The Kier molecular flexibility index (Phi) is 14.5. The summed E-state index contributed by atoms with van der Waals surface area (Å²) in [4.78, 5) is 73.0. The van der Waals surface area contributed by atoms with Crippen molar-refractivity contribution in [3.63, 3.8) is 0 Å². The number of carbonyl (C=O) groups excluding carboxylic acids is 4. The van der Waals surface area contributed by atoms with Gasteiger partial charge in [0.25, 0.3) is 0 Å². The summed E-state index contributed by atoms with van der Waals surface area (Å²) in [5.74, 6) is -1.66. The highest BCUT2D eigenvalue weighted by Gasteiger charge is 2.53. The summed E-state index contributed by atoms with van der Waals surface area (Å²) >= 11 is 4.29. The molecule has 16 heteroatoms. The number of rotatable bonds is 17. The monoisotopic (exact) mass is 987 g/mol. The number of benzene rings is 5. The molecule has 0 unspecified atom stereocenters. The van der Waals surface area contributed by atoms with E-state index in [0.717, 1.165) is 32.7 Å². The molecular weight excluding hydrogens is 941 g/mol. The van der Waals surface area contributed by atoms with E-state index in [0.29, 0.717) is 22.2 Å². The minimum atomic E-state index is -1.32. The molecule has 2 aliphatic rings. The van der Waals surface area contributed by atoms with Crippen LogP contribution in [0.1, 0.15) is 46.9 Å². The van der Waals surface area contributed by atoms with Gasteiger partial charge in [-0.05, 0) is 29.2 Å². The number of nitrogens with zero attached hydrogens (tertiary/aromatic N) is 4. The van der Waals surface area contributed by atoms with E-state index in [4.69, 9.17) is 19.4 Å². The third kappa shape index (κ3) is 9.32. The Hall–Kier alpha value is -7.53.